The van der Waals surface area contributed by atoms with Crippen molar-refractivity contribution in [3.63, 3.8) is 0 Å². The Morgan fingerprint density at radius 3 is 2.67 bits per heavy atom. The summed E-state index contributed by atoms with van der Waals surface area (Å²) >= 11 is 0. The number of rotatable bonds is 5. The fourth-order valence-corrected chi connectivity index (χ4v) is 9.18. The largest absolute Gasteiger partial charge is 0.389 e. The molecule has 4 saturated carbocycles. The zero-order valence-corrected chi connectivity index (χ0v) is 20.5. The highest BCUT2D eigenvalue weighted by Crippen LogP contribution is 2.67. The second-order valence-electron chi connectivity index (χ2n) is 12.2. The second kappa shape index (κ2) is 8.36. The summed E-state index contributed by atoms with van der Waals surface area (Å²) in [7, 11) is 1.69. The minimum atomic E-state index is -0.691. The normalized spacial score (nSPS) is 45.5. The van der Waals surface area contributed by atoms with Crippen molar-refractivity contribution in [2.24, 2.45) is 40.9 Å². The monoisotopic (exact) mass is 455 g/mol. The average Bonchev–Trinajstić information content (AvgIpc) is 3.35. The molecule has 4 aliphatic carbocycles. The lowest BCUT2D eigenvalue weighted by Gasteiger charge is -2.59. The third-order valence-electron chi connectivity index (χ3n) is 10.8. The summed E-state index contributed by atoms with van der Waals surface area (Å²) in [6.07, 6.45) is 13.0. The number of hydrogen-bond acceptors (Lipinski definition) is 5. The van der Waals surface area contributed by atoms with Gasteiger partial charge in [-0.05, 0) is 92.8 Å². The number of fused-ring (bicyclic) bond motifs is 5. The maximum Gasteiger partial charge on any atom is 0.102 e. The van der Waals surface area contributed by atoms with Gasteiger partial charge in [0, 0.05) is 25.8 Å². The van der Waals surface area contributed by atoms with Crippen LogP contribution in [0.3, 0.4) is 0 Å². The predicted molar refractivity (Wildman–Crippen MR) is 125 cm³/mol. The van der Waals surface area contributed by atoms with Gasteiger partial charge in [-0.15, -0.1) is 0 Å². The number of nitrogens with zero attached hydrogens (tertiary/aromatic N) is 3. The Morgan fingerprint density at radius 2 is 1.94 bits per heavy atom. The fraction of sp³-hybridized carbons (Fsp3) is 0.852. The van der Waals surface area contributed by atoms with Crippen LogP contribution in [-0.2, 0) is 11.3 Å². The van der Waals surface area contributed by atoms with Crippen LogP contribution in [0.2, 0.25) is 0 Å². The van der Waals surface area contributed by atoms with Crippen LogP contribution in [0, 0.1) is 52.3 Å². The fourth-order valence-electron chi connectivity index (χ4n) is 9.18. The molecule has 1 heterocycles. The quantitative estimate of drug-likeness (QED) is 0.696. The van der Waals surface area contributed by atoms with Crippen molar-refractivity contribution in [3.8, 4) is 6.07 Å². The van der Waals surface area contributed by atoms with Crippen LogP contribution < -0.4 is 0 Å². The summed E-state index contributed by atoms with van der Waals surface area (Å²) in [6.45, 7) is 5.65. The molecule has 0 saturated heterocycles. The molecule has 0 spiro atoms. The van der Waals surface area contributed by atoms with Gasteiger partial charge in [-0.25, -0.2) is 0 Å². The number of aromatic nitrogens is 2. The molecular weight excluding hydrogens is 414 g/mol. The summed E-state index contributed by atoms with van der Waals surface area (Å²) in [5.41, 5.74) is -0.806. The first-order chi connectivity index (χ1) is 15.7. The van der Waals surface area contributed by atoms with E-state index in [2.05, 4.69) is 25.0 Å². The van der Waals surface area contributed by atoms with Crippen LogP contribution >= 0.6 is 0 Å². The molecule has 0 bridgehead atoms. The molecule has 0 radical (unpaired) electrons. The highest BCUT2D eigenvalue weighted by Gasteiger charge is 2.64. The van der Waals surface area contributed by atoms with E-state index in [0.717, 1.165) is 50.4 Å². The molecule has 0 amide bonds. The zero-order chi connectivity index (χ0) is 23.4. The Hall–Kier alpha value is -1.42. The van der Waals surface area contributed by atoms with Crippen molar-refractivity contribution in [2.45, 2.75) is 89.4 Å². The van der Waals surface area contributed by atoms with E-state index in [-0.39, 0.29) is 11.3 Å². The number of methoxy groups -OCH3 is 1. The van der Waals surface area contributed by atoms with Crippen LogP contribution in [0.4, 0.5) is 0 Å². The highest BCUT2D eigenvalue weighted by atomic mass is 16.5. The molecule has 9 atom stereocenters. The lowest BCUT2D eigenvalue weighted by molar-refractivity contribution is -0.165. The molecule has 0 aromatic carbocycles. The van der Waals surface area contributed by atoms with Gasteiger partial charge in [0.25, 0.3) is 0 Å². The van der Waals surface area contributed by atoms with Crippen LogP contribution in [0.1, 0.15) is 77.2 Å². The Kier molecular flexibility index (Phi) is 5.91. The van der Waals surface area contributed by atoms with Crippen molar-refractivity contribution >= 4 is 0 Å². The molecule has 182 valence electrons. The van der Waals surface area contributed by atoms with Gasteiger partial charge >= 0.3 is 0 Å². The van der Waals surface area contributed by atoms with Crippen molar-refractivity contribution in [1.29, 1.82) is 5.26 Å². The maximum absolute atomic E-state index is 12.1. The number of nitriles is 1. The van der Waals surface area contributed by atoms with Crippen LogP contribution in [0.5, 0.6) is 0 Å². The van der Waals surface area contributed by atoms with Gasteiger partial charge in [0.05, 0.1) is 29.6 Å². The second-order valence-corrected chi connectivity index (χ2v) is 12.2. The SMILES string of the molecule is COC[C@@]1(O)CC[C@H]2[C@@H](CC[C@@H]3[C@@H]2CC[C@@]2(C)[C@H]3CC[C@]2(O)C(C)Cn2cc(C#N)cn2)C1. The molecule has 6 heteroatoms. The van der Waals surface area contributed by atoms with Gasteiger partial charge < -0.3 is 14.9 Å². The maximum atomic E-state index is 12.1. The Balaban J connectivity index is 1.31. The number of ether oxygens (including phenoxy) is 1. The summed E-state index contributed by atoms with van der Waals surface area (Å²) in [5.74, 6) is 3.47. The van der Waals surface area contributed by atoms with Gasteiger partial charge in [0.2, 0.25) is 0 Å². The van der Waals surface area contributed by atoms with Crippen molar-refractivity contribution in [1.82, 2.24) is 9.78 Å². The van der Waals surface area contributed by atoms with Crippen molar-refractivity contribution < 1.29 is 14.9 Å². The molecule has 4 aliphatic rings. The summed E-state index contributed by atoms with van der Waals surface area (Å²) < 4.78 is 7.17. The lowest BCUT2D eigenvalue weighted by atomic mass is 9.48. The van der Waals surface area contributed by atoms with Gasteiger partial charge in [0.15, 0.2) is 0 Å². The molecule has 6 nitrogen and oxygen atoms in total. The molecule has 1 aromatic rings. The third kappa shape index (κ3) is 3.66. The molecule has 2 N–H and O–H groups in total. The first kappa shape index (κ1) is 23.3. The van der Waals surface area contributed by atoms with Gasteiger partial charge in [-0.2, -0.15) is 10.4 Å². The minimum Gasteiger partial charge on any atom is -0.389 e. The smallest absolute Gasteiger partial charge is 0.102 e. The van der Waals surface area contributed by atoms with E-state index in [9.17, 15) is 10.2 Å². The van der Waals surface area contributed by atoms with Gasteiger partial charge in [-0.1, -0.05) is 13.8 Å². The molecular formula is C27H41N3O3. The van der Waals surface area contributed by atoms with Crippen molar-refractivity contribution in [2.75, 3.05) is 13.7 Å². The van der Waals surface area contributed by atoms with Crippen LogP contribution in [0.15, 0.2) is 12.4 Å². The highest BCUT2D eigenvalue weighted by molar-refractivity contribution is 5.22. The van der Waals surface area contributed by atoms with E-state index in [1.807, 2.05) is 4.68 Å². The standard InChI is InChI=1S/C27H41N3O3/c1-18(15-30-16-19(13-28)14-29-30)27(32)11-8-24-23-5-4-20-12-26(31,17-33-3)10-7-21(20)22(23)6-9-25(24,27)2/h14,16,18,20-24,31-32H,4-12,15,17H2,1-3H3/t18?,20-,21-,22+,23+,24-,25-,26+,27-/m0/s1. The van der Waals surface area contributed by atoms with E-state index < -0.39 is 11.2 Å². The topological polar surface area (TPSA) is 91.3 Å². The number of aliphatic hydroxyl groups is 2. The molecule has 0 aliphatic heterocycles. The number of hydrogen-bond donors (Lipinski definition) is 2. The van der Waals surface area contributed by atoms with E-state index in [0.29, 0.717) is 36.5 Å². The summed E-state index contributed by atoms with van der Waals surface area (Å²) in [5, 5.41) is 36.6. The Morgan fingerprint density at radius 1 is 1.15 bits per heavy atom. The minimum absolute atomic E-state index is 0.0584. The first-order valence-corrected chi connectivity index (χ1v) is 13.1. The Bertz CT molecular complexity index is 911. The first-order valence-electron chi connectivity index (χ1n) is 13.1. The molecule has 5 rings (SSSR count). The lowest BCUT2D eigenvalue weighted by Crippen LogP contribution is -2.57. The molecule has 1 aromatic heterocycles. The molecule has 4 fully saturated rings. The molecule has 1 unspecified atom stereocenters. The molecule has 33 heavy (non-hydrogen) atoms. The van der Waals surface area contributed by atoms with E-state index >= 15 is 0 Å². The van der Waals surface area contributed by atoms with E-state index in [1.165, 1.54) is 19.3 Å². The predicted octanol–water partition coefficient (Wildman–Crippen LogP) is 4.15. The van der Waals surface area contributed by atoms with Gasteiger partial charge in [-0.3, -0.25) is 4.68 Å². The van der Waals surface area contributed by atoms with Crippen LogP contribution in [0.25, 0.3) is 0 Å². The third-order valence-corrected chi connectivity index (χ3v) is 10.8. The Labute approximate surface area is 198 Å². The summed E-state index contributed by atoms with van der Waals surface area (Å²) in [4.78, 5) is 0. The van der Waals surface area contributed by atoms with Crippen molar-refractivity contribution in [3.05, 3.63) is 18.0 Å². The van der Waals surface area contributed by atoms with E-state index in [4.69, 9.17) is 10.00 Å². The summed E-state index contributed by atoms with van der Waals surface area (Å²) in [6, 6.07) is 2.15. The van der Waals surface area contributed by atoms with Crippen LogP contribution in [-0.4, -0.2) is 44.9 Å². The van der Waals surface area contributed by atoms with E-state index in [1.54, 1.807) is 19.5 Å². The average molecular weight is 456 g/mol. The van der Waals surface area contributed by atoms with Gasteiger partial charge in [0.1, 0.15) is 6.07 Å². The zero-order valence-electron chi connectivity index (χ0n) is 20.5.